The molecule has 3 atom stereocenters. The van der Waals surface area contributed by atoms with E-state index in [1.54, 1.807) is 0 Å². The van der Waals surface area contributed by atoms with E-state index in [1.165, 1.54) is 0 Å². The highest BCUT2D eigenvalue weighted by Crippen LogP contribution is 2.39. The van der Waals surface area contributed by atoms with Crippen LogP contribution in [0.15, 0.2) is 132 Å². The number of carbonyl (C=O) groups is 1. The van der Waals surface area contributed by atoms with Gasteiger partial charge in [0, 0.05) is 49.8 Å². The summed E-state index contributed by atoms with van der Waals surface area (Å²) in [5, 5.41) is 12.7. The predicted octanol–water partition coefficient (Wildman–Crippen LogP) is 7.30. The van der Waals surface area contributed by atoms with E-state index >= 15 is 0 Å². The highest BCUT2D eigenvalue weighted by molar-refractivity contribution is 5.94. The van der Waals surface area contributed by atoms with Crippen LogP contribution in [0, 0.1) is 0 Å². The SMILES string of the molecule is O=C(NCc1ccccc1-c1ccc([C@H]2O[C@@H](CN3CCC(n4c(=O)[nH]c5ccccc54)CC3)C[C@@H](c3ccc(CO)cc3)O2)cc1)c1ccccc1. The number of aromatic nitrogens is 2. The molecule has 9 nitrogen and oxygen atoms in total. The summed E-state index contributed by atoms with van der Waals surface area (Å²) >= 11 is 0. The highest BCUT2D eigenvalue weighted by Gasteiger charge is 2.34. The summed E-state index contributed by atoms with van der Waals surface area (Å²) in [6.45, 7) is 2.92. The van der Waals surface area contributed by atoms with Crippen molar-refractivity contribution in [2.45, 2.75) is 57.0 Å². The van der Waals surface area contributed by atoms with Crippen LogP contribution < -0.4 is 11.0 Å². The average molecular weight is 709 g/mol. The smallest absolute Gasteiger partial charge is 0.326 e. The number of H-pyrrole nitrogens is 1. The minimum atomic E-state index is -0.562. The fourth-order valence-corrected chi connectivity index (χ4v) is 7.76. The number of benzene rings is 5. The molecule has 6 aromatic rings. The molecule has 1 aromatic heterocycles. The number of imidazole rings is 1. The second-order valence-electron chi connectivity index (χ2n) is 14.0. The number of likely N-dealkylation sites (tertiary alicyclic amines) is 1. The molecule has 9 heteroatoms. The van der Waals surface area contributed by atoms with Gasteiger partial charge in [-0.25, -0.2) is 4.79 Å². The van der Waals surface area contributed by atoms with Crippen molar-refractivity contribution >= 4 is 16.9 Å². The van der Waals surface area contributed by atoms with Gasteiger partial charge in [-0.15, -0.1) is 0 Å². The van der Waals surface area contributed by atoms with E-state index in [-0.39, 0.29) is 36.5 Å². The number of rotatable bonds is 10. The molecule has 0 radical (unpaired) electrons. The van der Waals surface area contributed by atoms with Gasteiger partial charge < -0.3 is 29.8 Å². The minimum absolute atomic E-state index is 0.00430. The Labute approximate surface area is 308 Å². The third-order valence-electron chi connectivity index (χ3n) is 10.6. The predicted molar refractivity (Wildman–Crippen MR) is 205 cm³/mol. The maximum atomic E-state index is 12.9. The summed E-state index contributed by atoms with van der Waals surface area (Å²) in [5.74, 6) is -0.105. The Hall–Kier alpha value is -5.32. The molecule has 0 saturated carbocycles. The number of aliphatic hydroxyl groups excluding tert-OH is 1. The first-order valence-corrected chi connectivity index (χ1v) is 18.5. The Balaban J connectivity index is 0.970. The van der Waals surface area contributed by atoms with E-state index in [9.17, 15) is 14.7 Å². The fourth-order valence-electron chi connectivity index (χ4n) is 7.76. The lowest BCUT2D eigenvalue weighted by Gasteiger charge is -2.40. The molecule has 5 aromatic carbocycles. The first-order valence-electron chi connectivity index (χ1n) is 18.5. The third kappa shape index (κ3) is 7.75. The summed E-state index contributed by atoms with van der Waals surface area (Å²) in [5.41, 5.74) is 8.41. The number of ether oxygens (including phenoxy) is 2. The summed E-state index contributed by atoms with van der Waals surface area (Å²) in [6, 6.07) is 41.7. The van der Waals surface area contributed by atoms with Crippen molar-refractivity contribution in [3.63, 3.8) is 0 Å². The van der Waals surface area contributed by atoms with Crippen LogP contribution in [0.2, 0.25) is 0 Å². The van der Waals surface area contributed by atoms with Gasteiger partial charge in [0.25, 0.3) is 5.91 Å². The standard InChI is InChI=1S/C44H44N4O5/c49-29-30-14-16-32(17-15-30)41-26-37(28-47-24-22-36(23-25-47)48-40-13-7-6-12-39(40)46-44(48)51)52-43(53-41)34-20-18-31(19-21-34)38-11-5-4-10-35(38)27-45-42(50)33-8-2-1-3-9-33/h1-21,36-37,41,43,49H,22-29H2,(H,45,50)(H,46,51)/t37-,41+,43+/m1/s1. The summed E-state index contributed by atoms with van der Waals surface area (Å²) < 4.78 is 15.3. The second-order valence-corrected chi connectivity index (χ2v) is 14.0. The molecule has 8 rings (SSSR count). The van der Waals surface area contributed by atoms with E-state index < -0.39 is 6.29 Å². The summed E-state index contributed by atoms with van der Waals surface area (Å²) in [7, 11) is 0. The molecule has 0 bridgehead atoms. The number of amides is 1. The van der Waals surface area contributed by atoms with E-state index in [4.69, 9.17) is 9.47 Å². The number of nitrogens with zero attached hydrogens (tertiary/aromatic N) is 2. The normalized spacial score (nSPS) is 19.7. The van der Waals surface area contributed by atoms with Crippen LogP contribution in [0.5, 0.6) is 0 Å². The number of fused-ring (bicyclic) bond motifs is 1. The zero-order valence-electron chi connectivity index (χ0n) is 29.6. The third-order valence-corrected chi connectivity index (χ3v) is 10.6. The molecular weight excluding hydrogens is 665 g/mol. The van der Waals surface area contributed by atoms with Crippen LogP contribution in [0.3, 0.4) is 0 Å². The number of nitrogens with one attached hydrogen (secondary N) is 2. The maximum Gasteiger partial charge on any atom is 0.326 e. The van der Waals surface area contributed by atoms with Gasteiger partial charge in [0.05, 0.1) is 29.8 Å². The number of carbonyl (C=O) groups excluding carboxylic acids is 1. The van der Waals surface area contributed by atoms with Crippen LogP contribution >= 0.6 is 0 Å². The Morgan fingerprint density at radius 1 is 0.792 bits per heavy atom. The average Bonchev–Trinajstić information content (AvgIpc) is 3.56. The Kier molecular flexibility index (Phi) is 10.3. The molecule has 270 valence electrons. The molecule has 3 heterocycles. The van der Waals surface area contributed by atoms with Crippen LogP contribution in [-0.4, -0.2) is 51.2 Å². The zero-order chi connectivity index (χ0) is 36.1. The van der Waals surface area contributed by atoms with E-state index in [1.807, 2.05) is 102 Å². The van der Waals surface area contributed by atoms with Crippen LogP contribution in [0.25, 0.3) is 22.2 Å². The quantitative estimate of drug-likeness (QED) is 0.138. The number of para-hydroxylation sites is 2. The molecule has 2 saturated heterocycles. The molecule has 0 spiro atoms. The molecule has 3 N–H and O–H groups in total. The van der Waals surface area contributed by atoms with Gasteiger partial charge in [-0.3, -0.25) is 9.36 Å². The summed E-state index contributed by atoms with van der Waals surface area (Å²) in [4.78, 5) is 31.1. The van der Waals surface area contributed by atoms with Crippen LogP contribution in [0.4, 0.5) is 0 Å². The highest BCUT2D eigenvalue weighted by atomic mass is 16.7. The number of hydrogen-bond donors (Lipinski definition) is 3. The summed E-state index contributed by atoms with van der Waals surface area (Å²) in [6.07, 6.45) is 1.67. The largest absolute Gasteiger partial charge is 0.392 e. The Morgan fingerprint density at radius 2 is 1.49 bits per heavy atom. The lowest BCUT2D eigenvalue weighted by molar-refractivity contribution is -0.253. The molecule has 1 amide bonds. The van der Waals surface area contributed by atoms with Crippen molar-refractivity contribution in [2.24, 2.45) is 0 Å². The molecular formula is C44H44N4O5. The molecule has 0 aliphatic carbocycles. The maximum absolute atomic E-state index is 12.9. The van der Waals surface area contributed by atoms with Crippen molar-refractivity contribution in [3.05, 3.63) is 166 Å². The zero-order valence-corrected chi connectivity index (χ0v) is 29.6. The van der Waals surface area contributed by atoms with Gasteiger partial charge in [-0.1, -0.05) is 103 Å². The first kappa shape index (κ1) is 34.7. The van der Waals surface area contributed by atoms with Crippen molar-refractivity contribution in [3.8, 4) is 11.1 Å². The second kappa shape index (κ2) is 15.7. The van der Waals surface area contributed by atoms with Crippen molar-refractivity contribution in [1.82, 2.24) is 19.8 Å². The topological polar surface area (TPSA) is 109 Å². The number of piperidine rings is 1. The van der Waals surface area contributed by atoms with Gasteiger partial charge in [0.1, 0.15) is 0 Å². The monoisotopic (exact) mass is 708 g/mol. The Bertz CT molecular complexity index is 2210. The fraction of sp³-hybridized carbons (Fsp3) is 0.273. The van der Waals surface area contributed by atoms with E-state index in [2.05, 4.69) is 45.5 Å². The molecule has 2 aliphatic rings. The van der Waals surface area contributed by atoms with Gasteiger partial charge in [0.2, 0.25) is 0 Å². The van der Waals surface area contributed by atoms with Gasteiger partial charge in [-0.2, -0.15) is 0 Å². The number of aliphatic hydroxyl groups is 1. The first-order chi connectivity index (χ1) is 26.0. The van der Waals surface area contributed by atoms with Crippen molar-refractivity contribution in [1.29, 1.82) is 0 Å². The van der Waals surface area contributed by atoms with Crippen molar-refractivity contribution in [2.75, 3.05) is 19.6 Å². The minimum Gasteiger partial charge on any atom is -0.392 e. The van der Waals surface area contributed by atoms with E-state index in [0.717, 1.165) is 76.9 Å². The van der Waals surface area contributed by atoms with Crippen LogP contribution in [-0.2, 0) is 22.6 Å². The lowest BCUT2D eigenvalue weighted by atomic mass is 9.97. The number of aromatic amines is 1. The molecule has 53 heavy (non-hydrogen) atoms. The van der Waals surface area contributed by atoms with Gasteiger partial charge in [-0.05, 0) is 64.9 Å². The Morgan fingerprint density at radius 3 is 2.26 bits per heavy atom. The van der Waals surface area contributed by atoms with Gasteiger partial charge >= 0.3 is 5.69 Å². The van der Waals surface area contributed by atoms with Crippen LogP contribution in [0.1, 0.15) is 70.3 Å². The number of hydrogen-bond acceptors (Lipinski definition) is 6. The van der Waals surface area contributed by atoms with E-state index in [0.29, 0.717) is 18.5 Å². The lowest BCUT2D eigenvalue weighted by Crippen LogP contribution is -2.43. The van der Waals surface area contributed by atoms with Crippen molar-refractivity contribution < 1.29 is 19.4 Å². The molecule has 2 aliphatic heterocycles. The van der Waals surface area contributed by atoms with Gasteiger partial charge in [0.15, 0.2) is 6.29 Å². The molecule has 2 fully saturated rings. The molecule has 0 unspecified atom stereocenters.